The van der Waals surface area contributed by atoms with Gasteiger partial charge in [-0.25, -0.2) is 0 Å². The number of benzene rings is 1. The van der Waals surface area contributed by atoms with Crippen molar-refractivity contribution in [3.8, 4) is 0 Å². The third-order valence-electron chi connectivity index (χ3n) is 2.29. The molecule has 96 valence electrons. The van der Waals surface area contributed by atoms with Gasteiger partial charge in [0, 0.05) is 6.42 Å². The van der Waals surface area contributed by atoms with E-state index in [2.05, 4.69) is 0 Å². The Morgan fingerprint density at radius 1 is 1.00 bits per heavy atom. The van der Waals surface area contributed by atoms with Gasteiger partial charge in [-0.1, -0.05) is 12.1 Å². The summed E-state index contributed by atoms with van der Waals surface area (Å²) in [6.45, 7) is 1.24. The number of rotatable bonds is 2. The van der Waals surface area contributed by atoms with E-state index in [1.165, 1.54) is 6.92 Å². The lowest BCUT2D eigenvalue weighted by Crippen LogP contribution is -2.10. The summed E-state index contributed by atoms with van der Waals surface area (Å²) in [6, 6.07) is 3.05. The first-order valence-electron chi connectivity index (χ1n) is 4.83. The Hall–Kier alpha value is -1.20. The van der Waals surface area contributed by atoms with E-state index in [4.69, 9.17) is 0 Å². The van der Waals surface area contributed by atoms with Crippen LogP contribution in [0.25, 0.3) is 0 Å². The SMILES string of the molecule is Cc1cc(CCC(F)(F)F)ccc1C(F)(F)F. The monoisotopic (exact) mass is 256 g/mol. The lowest BCUT2D eigenvalue weighted by atomic mass is 10.0. The van der Waals surface area contributed by atoms with Gasteiger partial charge in [-0.15, -0.1) is 0 Å². The van der Waals surface area contributed by atoms with Crippen LogP contribution in [0, 0.1) is 6.92 Å². The average Bonchev–Trinajstić information content (AvgIpc) is 2.11. The second kappa shape index (κ2) is 4.58. The fourth-order valence-electron chi connectivity index (χ4n) is 1.49. The zero-order valence-corrected chi connectivity index (χ0v) is 8.91. The van der Waals surface area contributed by atoms with Gasteiger partial charge in [-0.2, -0.15) is 26.3 Å². The van der Waals surface area contributed by atoms with Crippen molar-refractivity contribution >= 4 is 0 Å². The first-order chi connectivity index (χ1) is 7.59. The van der Waals surface area contributed by atoms with Crippen molar-refractivity contribution < 1.29 is 26.3 Å². The topological polar surface area (TPSA) is 0 Å². The molecule has 0 fully saturated rings. The Kier molecular flexibility index (Phi) is 3.74. The molecule has 0 aliphatic rings. The van der Waals surface area contributed by atoms with Crippen LogP contribution in [0.2, 0.25) is 0 Å². The number of halogens is 6. The molecule has 0 nitrogen and oxygen atoms in total. The first kappa shape index (κ1) is 13.9. The van der Waals surface area contributed by atoms with Crippen molar-refractivity contribution in [1.29, 1.82) is 0 Å². The van der Waals surface area contributed by atoms with Crippen molar-refractivity contribution in [2.45, 2.75) is 32.1 Å². The van der Waals surface area contributed by atoms with Gasteiger partial charge in [0.2, 0.25) is 0 Å². The Morgan fingerprint density at radius 3 is 2.00 bits per heavy atom. The molecule has 0 heterocycles. The van der Waals surface area contributed by atoms with E-state index in [9.17, 15) is 26.3 Å². The summed E-state index contributed by atoms with van der Waals surface area (Å²) in [5.41, 5.74) is -0.613. The second-order valence-electron chi connectivity index (χ2n) is 3.76. The minimum Gasteiger partial charge on any atom is -0.171 e. The highest BCUT2D eigenvalue weighted by atomic mass is 19.4. The molecule has 17 heavy (non-hydrogen) atoms. The average molecular weight is 256 g/mol. The molecule has 1 aromatic rings. The highest BCUT2D eigenvalue weighted by molar-refractivity contribution is 5.33. The maximum atomic E-state index is 12.4. The van der Waals surface area contributed by atoms with Gasteiger partial charge in [-0.05, 0) is 30.5 Å². The number of hydrogen-bond acceptors (Lipinski definition) is 0. The first-order valence-corrected chi connectivity index (χ1v) is 4.83. The van der Waals surface area contributed by atoms with Gasteiger partial charge in [0.1, 0.15) is 0 Å². The minimum absolute atomic E-state index is 0.0582. The van der Waals surface area contributed by atoms with E-state index in [-0.39, 0.29) is 17.5 Å². The highest BCUT2D eigenvalue weighted by Gasteiger charge is 2.32. The van der Waals surface area contributed by atoms with Gasteiger partial charge >= 0.3 is 12.4 Å². The van der Waals surface area contributed by atoms with Crippen LogP contribution in [-0.4, -0.2) is 6.18 Å². The molecule has 0 saturated carbocycles. The van der Waals surface area contributed by atoms with Crippen LogP contribution >= 0.6 is 0 Å². The zero-order valence-electron chi connectivity index (χ0n) is 8.91. The molecule has 0 aliphatic carbocycles. The summed E-state index contributed by atoms with van der Waals surface area (Å²) in [5, 5.41) is 0. The van der Waals surface area contributed by atoms with Gasteiger partial charge in [-0.3, -0.25) is 0 Å². The number of alkyl halides is 6. The molecule has 1 aromatic carbocycles. The molecule has 0 N–H and O–H groups in total. The summed E-state index contributed by atoms with van der Waals surface area (Å²) >= 11 is 0. The van der Waals surface area contributed by atoms with Crippen molar-refractivity contribution in [3.05, 3.63) is 34.9 Å². The second-order valence-corrected chi connectivity index (χ2v) is 3.76. The van der Waals surface area contributed by atoms with Crippen LogP contribution in [0.4, 0.5) is 26.3 Å². The van der Waals surface area contributed by atoms with E-state index >= 15 is 0 Å². The Bertz CT molecular complexity index is 388. The third-order valence-corrected chi connectivity index (χ3v) is 2.29. The van der Waals surface area contributed by atoms with E-state index in [1.54, 1.807) is 0 Å². The Morgan fingerprint density at radius 2 is 1.59 bits per heavy atom. The van der Waals surface area contributed by atoms with Crippen molar-refractivity contribution in [1.82, 2.24) is 0 Å². The predicted molar refractivity (Wildman–Crippen MR) is 50.6 cm³/mol. The van der Waals surface area contributed by atoms with E-state index in [0.717, 1.165) is 18.2 Å². The van der Waals surface area contributed by atoms with Gasteiger partial charge in [0.05, 0.1) is 5.56 Å². The van der Waals surface area contributed by atoms with Crippen LogP contribution in [-0.2, 0) is 12.6 Å². The summed E-state index contributed by atoms with van der Waals surface area (Å²) in [4.78, 5) is 0. The van der Waals surface area contributed by atoms with Crippen LogP contribution in [0.1, 0.15) is 23.1 Å². The van der Waals surface area contributed by atoms with Crippen molar-refractivity contribution in [3.63, 3.8) is 0 Å². The molecule has 0 radical (unpaired) electrons. The molecular weight excluding hydrogens is 246 g/mol. The van der Waals surface area contributed by atoms with Crippen LogP contribution in [0.15, 0.2) is 18.2 Å². The van der Waals surface area contributed by atoms with Gasteiger partial charge in [0.25, 0.3) is 0 Å². The molecule has 0 saturated heterocycles. The molecule has 0 atom stereocenters. The molecule has 0 aromatic heterocycles. The van der Waals surface area contributed by atoms with Gasteiger partial charge in [0.15, 0.2) is 0 Å². The summed E-state index contributed by atoms with van der Waals surface area (Å²) < 4.78 is 72.9. The standard InChI is InChI=1S/C11H10F6/c1-7-6-8(4-5-10(12,13)14)2-3-9(7)11(15,16)17/h2-3,6H,4-5H2,1H3. The Balaban J connectivity index is 2.83. The molecule has 0 aliphatic heterocycles. The quantitative estimate of drug-likeness (QED) is 0.683. The summed E-state index contributed by atoms with van der Waals surface area (Å²) in [5.74, 6) is 0. The van der Waals surface area contributed by atoms with Crippen molar-refractivity contribution in [2.24, 2.45) is 0 Å². The molecule has 0 spiro atoms. The van der Waals surface area contributed by atoms with Crippen LogP contribution in [0.5, 0.6) is 0 Å². The molecule has 0 amide bonds. The lowest BCUT2D eigenvalue weighted by Gasteiger charge is -2.12. The number of hydrogen-bond donors (Lipinski definition) is 0. The molecule has 1 rings (SSSR count). The zero-order chi connectivity index (χ0) is 13.3. The fourth-order valence-corrected chi connectivity index (χ4v) is 1.49. The summed E-state index contributed by atoms with van der Waals surface area (Å²) in [6.07, 6.45) is -10.1. The predicted octanol–water partition coefficient (Wildman–Crippen LogP) is 4.51. The van der Waals surface area contributed by atoms with Crippen LogP contribution < -0.4 is 0 Å². The smallest absolute Gasteiger partial charge is 0.171 e. The minimum atomic E-state index is -4.47. The summed E-state index contributed by atoms with van der Waals surface area (Å²) in [7, 11) is 0. The van der Waals surface area contributed by atoms with E-state index in [1.807, 2.05) is 0 Å². The Labute approximate surface area is 94.2 Å². The lowest BCUT2D eigenvalue weighted by molar-refractivity contribution is -0.138. The van der Waals surface area contributed by atoms with Crippen LogP contribution in [0.3, 0.4) is 0 Å². The third kappa shape index (κ3) is 4.28. The number of aryl methyl sites for hydroxylation is 2. The highest BCUT2D eigenvalue weighted by Crippen LogP contribution is 2.32. The molecule has 0 bridgehead atoms. The van der Waals surface area contributed by atoms with Gasteiger partial charge < -0.3 is 0 Å². The normalized spacial score (nSPS) is 12.9. The van der Waals surface area contributed by atoms with Crippen molar-refractivity contribution in [2.75, 3.05) is 0 Å². The van der Waals surface area contributed by atoms with E-state index in [0.29, 0.717) is 0 Å². The fraction of sp³-hybridized carbons (Fsp3) is 0.455. The molecule has 0 unspecified atom stereocenters. The van der Waals surface area contributed by atoms with E-state index < -0.39 is 24.3 Å². The molecule has 6 heteroatoms. The maximum absolute atomic E-state index is 12.4. The maximum Gasteiger partial charge on any atom is 0.416 e. The molecular formula is C11H10F6. The largest absolute Gasteiger partial charge is 0.416 e.